The van der Waals surface area contributed by atoms with Crippen molar-refractivity contribution in [3.05, 3.63) is 42.1 Å². The number of hydrogen-bond donors (Lipinski definition) is 3. The molecule has 3 fully saturated rings. The first-order valence-corrected chi connectivity index (χ1v) is 10.4. The van der Waals surface area contributed by atoms with Gasteiger partial charge in [-0.25, -0.2) is 0 Å². The number of benzene rings is 1. The van der Waals surface area contributed by atoms with Gasteiger partial charge in [0, 0.05) is 30.9 Å². The van der Waals surface area contributed by atoms with Crippen LogP contribution in [0.3, 0.4) is 0 Å². The lowest BCUT2D eigenvalue weighted by atomic mass is 10.1. The number of likely N-dealkylation sites (tertiary alicyclic amines) is 2. The van der Waals surface area contributed by atoms with E-state index in [1.807, 2.05) is 17.0 Å². The Morgan fingerprint density at radius 1 is 1.42 bits per heavy atom. The smallest absolute Gasteiger partial charge is 0.244 e. The minimum absolute atomic E-state index is 0.000347. The molecule has 10 nitrogen and oxygen atoms in total. The topological polar surface area (TPSA) is 151 Å². The van der Waals surface area contributed by atoms with Gasteiger partial charge < -0.3 is 21.4 Å². The van der Waals surface area contributed by atoms with E-state index < -0.39 is 0 Å². The fourth-order valence-electron chi connectivity index (χ4n) is 4.99. The molecule has 3 heterocycles. The average molecular weight is 422 g/mol. The highest BCUT2D eigenvalue weighted by atomic mass is 16.2. The van der Waals surface area contributed by atoms with Crippen LogP contribution in [0.2, 0.25) is 0 Å². The summed E-state index contributed by atoms with van der Waals surface area (Å²) in [5.74, 6) is 5.01. The van der Waals surface area contributed by atoms with Gasteiger partial charge in [0.2, 0.25) is 5.91 Å². The average Bonchev–Trinajstić information content (AvgIpc) is 3.47. The Labute approximate surface area is 181 Å². The van der Waals surface area contributed by atoms with Crippen LogP contribution in [0.1, 0.15) is 24.8 Å². The molecule has 4 rings (SSSR count). The highest BCUT2D eigenvalue weighted by molar-refractivity contribution is 6.09. The molecule has 10 heteroatoms. The molecule has 2 unspecified atom stereocenters. The molecule has 3 saturated heterocycles. The summed E-state index contributed by atoms with van der Waals surface area (Å²) in [6.45, 7) is 6.16. The molecule has 0 spiro atoms. The standard InChI is InChI=1S/C21H27N9O/c1-13(29-8-4-5-14(29)10-22)17(23)12-28-11-15-9-19(28)21(31)30(15)18-7-3-2-6-16(18)20(24)26-27-25/h2-3,6-7,14-15,17,19H,1,4-5,8-9,11-12,23H2,(H3,24,25,26)/t14?,15?,17-,19-/m0/s1. The van der Waals surface area contributed by atoms with Crippen LogP contribution in [-0.4, -0.2) is 65.3 Å². The van der Waals surface area contributed by atoms with Crippen LogP contribution in [0.15, 0.2) is 46.9 Å². The first-order valence-electron chi connectivity index (χ1n) is 10.4. The van der Waals surface area contributed by atoms with Crippen LogP contribution in [0.5, 0.6) is 0 Å². The van der Waals surface area contributed by atoms with E-state index in [0.29, 0.717) is 30.8 Å². The van der Waals surface area contributed by atoms with E-state index in [9.17, 15) is 10.1 Å². The number of nitrogens with one attached hydrogen (secondary N) is 1. The van der Waals surface area contributed by atoms with Gasteiger partial charge in [0.15, 0.2) is 5.84 Å². The molecule has 2 bridgehead atoms. The Balaban J connectivity index is 1.46. The van der Waals surface area contributed by atoms with Crippen molar-refractivity contribution in [3.63, 3.8) is 0 Å². The molecule has 1 aromatic rings. The van der Waals surface area contributed by atoms with Gasteiger partial charge in [-0.3, -0.25) is 15.1 Å². The second-order valence-electron chi connectivity index (χ2n) is 8.23. The van der Waals surface area contributed by atoms with Crippen molar-refractivity contribution < 1.29 is 4.79 Å². The normalized spacial score (nSPS) is 26.6. The minimum atomic E-state index is -0.333. The molecule has 1 amide bonds. The molecule has 0 aliphatic carbocycles. The molecule has 1 aromatic carbocycles. The van der Waals surface area contributed by atoms with Gasteiger partial charge in [0.1, 0.15) is 6.04 Å². The summed E-state index contributed by atoms with van der Waals surface area (Å²) in [4.78, 5) is 19.1. The second-order valence-corrected chi connectivity index (χ2v) is 8.23. The maximum Gasteiger partial charge on any atom is 0.244 e. The first-order chi connectivity index (χ1) is 15.0. The minimum Gasteiger partial charge on any atom is -0.358 e. The lowest BCUT2D eigenvalue weighted by molar-refractivity contribution is -0.122. The fraction of sp³-hybridized carbons (Fsp3) is 0.476. The number of rotatable bonds is 6. The van der Waals surface area contributed by atoms with Gasteiger partial charge in [0.25, 0.3) is 0 Å². The third-order valence-corrected chi connectivity index (χ3v) is 6.48. The van der Waals surface area contributed by atoms with Crippen molar-refractivity contribution in [1.82, 2.24) is 9.80 Å². The van der Waals surface area contributed by atoms with E-state index in [1.54, 1.807) is 17.0 Å². The number of carbonyl (C=O) groups is 1. The molecular weight excluding hydrogens is 394 g/mol. The van der Waals surface area contributed by atoms with E-state index in [0.717, 1.165) is 25.1 Å². The first kappa shape index (κ1) is 21.0. The molecule has 0 aromatic heterocycles. The Morgan fingerprint density at radius 2 is 2.19 bits per heavy atom. The van der Waals surface area contributed by atoms with Gasteiger partial charge in [-0.2, -0.15) is 5.26 Å². The molecule has 0 saturated carbocycles. The maximum atomic E-state index is 13.2. The van der Waals surface area contributed by atoms with Crippen LogP contribution in [0.4, 0.5) is 5.69 Å². The SMILES string of the molecule is C=C([C@@H](N)CN1CC2C[C@H]1C(=O)N2c1ccccc1C(=N)N=NN)N1CCCC1C#N. The number of amides is 1. The third-order valence-electron chi connectivity index (χ3n) is 6.48. The molecule has 162 valence electrons. The second kappa shape index (κ2) is 8.45. The number of anilines is 1. The molecule has 4 atom stereocenters. The Morgan fingerprint density at radius 3 is 2.90 bits per heavy atom. The number of nitriles is 1. The number of nitrogens with zero attached hydrogens (tertiary/aromatic N) is 6. The number of para-hydroxylation sites is 1. The number of piperazine rings is 1. The predicted molar refractivity (Wildman–Crippen MR) is 116 cm³/mol. The van der Waals surface area contributed by atoms with Gasteiger partial charge in [0.05, 0.1) is 29.9 Å². The molecule has 3 aliphatic rings. The van der Waals surface area contributed by atoms with E-state index in [4.69, 9.17) is 17.0 Å². The molecule has 0 radical (unpaired) electrons. The number of hydrogen-bond acceptors (Lipinski definition) is 7. The van der Waals surface area contributed by atoms with Crippen molar-refractivity contribution in [2.24, 2.45) is 21.9 Å². The zero-order valence-electron chi connectivity index (χ0n) is 17.3. The van der Waals surface area contributed by atoms with E-state index >= 15 is 0 Å². The number of carbonyl (C=O) groups excluding carboxylic acids is 1. The zero-order chi connectivity index (χ0) is 22.1. The summed E-state index contributed by atoms with van der Waals surface area (Å²) in [5, 5.41) is 24.2. The van der Waals surface area contributed by atoms with E-state index in [2.05, 4.69) is 27.9 Å². The highest BCUT2D eigenvalue weighted by Gasteiger charge is 2.51. The summed E-state index contributed by atoms with van der Waals surface area (Å²) < 4.78 is 0. The number of amidine groups is 1. The molecule has 3 aliphatic heterocycles. The van der Waals surface area contributed by atoms with Crippen LogP contribution in [0, 0.1) is 16.7 Å². The summed E-state index contributed by atoms with van der Waals surface area (Å²) in [6.07, 6.45) is 2.51. The van der Waals surface area contributed by atoms with Gasteiger partial charge in [-0.05, 0) is 31.4 Å². The highest BCUT2D eigenvalue weighted by Crippen LogP contribution is 2.37. The number of fused-ring (bicyclic) bond motifs is 2. The van der Waals surface area contributed by atoms with Crippen molar-refractivity contribution in [2.75, 3.05) is 24.5 Å². The van der Waals surface area contributed by atoms with Crippen molar-refractivity contribution >= 4 is 17.4 Å². The summed E-state index contributed by atoms with van der Waals surface area (Å²) in [6, 6.07) is 8.76. The third kappa shape index (κ3) is 3.66. The molecular formula is C21H27N9O. The van der Waals surface area contributed by atoms with Crippen molar-refractivity contribution in [3.8, 4) is 6.07 Å². The van der Waals surface area contributed by atoms with Crippen LogP contribution < -0.4 is 16.5 Å². The van der Waals surface area contributed by atoms with Crippen molar-refractivity contribution in [1.29, 1.82) is 10.7 Å². The lowest BCUT2D eigenvalue weighted by Crippen LogP contribution is -2.54. The molecule has 31 heavy (non-hydrogen) atoms. The monoisotopic (exact) mass is 421 g/mol. The van der Waals surface area contributed by atoms with E-state index in [-0.39, 0.29) is 35.9 Å². The fourth-order valence-corrected chi connectivity index (χ4v) is 4.99. The summed E-state index contributed by atoms with van der Waals surface area (Å²) >= 11 is 0. The number of nitrogens with two attached hydrogens (primary N) is 2. The Bertz CT molecular complexity index is 968. The van der Waals surface area contributed by atoms with Crippen molar-refractivity contribution in [2.45, 2.75) is 43.4 Å². The van der Waals surface area contributed by atoms with Crippen LogP contribution >= 0.6 is 0 Å². The van der Waals surface area contributed by atoms with Gasteiger partial charge in [-0.1, -0.05) is 23.9 Å². The van der Waals surface area contributed by atoms with E-state index in [1.165, 1.54) is 0 Å². The zero-order valence-corrected chi connectivity index (χ0v) is 17.3. The maximum absolute atomic E-state index is 13.2. The van der Waals surface area contributed by atoms with Gasteiger partial charge >= 0.3 is 0 Å². The van der Waals surface area contributed by atoms with Crippen LogP contribution in [-0.2, 0) is 4.79 Å². The predicted octanol–water partition coefficient (Wildman–Crippen LogP) is 0.956. The summed E-state index contributed by atoms with van der Waals surface area (Å²) in [5.41, 5.74) is 8.37. The largest absolute Gasteiger partial charge is 0.358 e. The lowest BCUT2D eigenvalue weighted by Gasteiger charge is -2.37. The summed E-state index contributed by atoms with van der Waals surface area (Å²) in [7, 11) is 0. The van der Waals surface area contributed by atoms with Gasteiger partial charge in [-0.15, -0.1) is 5.11 Å². The van der Waals surface area contributed by atoms with Crippen LogP contribution in [0.25, 0.3) is 0 Å². The molecule has 5 N–H and O–H groups in total. The Kier molecular flexibility index (Phi) is 5.71. The quantitative estimate of drug-likeness (QED) is 0.205. The Hall–Kier alpha value is -3.29.